The molecule has 0 spiro atoms. The molecule has 4 nitrogen and oxygen atoms in total. The van der Waals surface area contributed by atoms with E-state index in [-0.39, 0.29) is 5.91 Å². The summed E-state index contributed by atoms with van der Waals surface area (Å²) in [5.74, 6) is 2.15. The van der Waals surface area contributed by atoms with Crippen LogP contribution in [-0.4, -0.2) is 30.7 Å². The van der Waals surface area contributed by atoms with E-state index in [0.717, 1.165) is 35.9 Å². The third kappa shape index (κ3) is 2.27. The molecule has 1 unspecified atom stereocenters. The van der Waals surface area contributed by atoms with Crippen molar-refractivity contribution in [3.05, 3.63) is 46.2 Å². The van der Waals surface area contributed by atoms with Crippen LogP contribution in [0.4, 0.5) is 0 Å². The Bertz CT molecular complexity index is 668. The summed E-state index contributed by atoms with van der Waals surface area (Å²) in [5, 5.41) is 1.94. The number of thiophene rings is 1. The lowest BCUT2D eigenvalue weighted by atomic mass is 9.98. The summed E-state index contributed by atoms with van der Waals surface area (Å²) in [6, 6.07) is 9.90. The van der Waals surface area contributed by atoms with E-state index in [0.29, 0.717) is 12.7 Å². The number of ether oxygens (including phenoxy) is 2. The van der Waals surface area contributed by atoms with Gasteiger partial charge in [0.2, 0.25) is 6.79 Å². The first-order chi connectivity index (χ1) is 10.3. The van der Waals surface area contributed by atoms with Crippen LogP contribution in [0, 0.1) is 0 Å². The lowest BCUT2D eigenvalue weighted by Crippen LogP contribution is -2.27. The van der Waals surface area contributed by atoms with Gasteiger partial charge in [-0.25, -0.2) is 0 Å². The fourth-order valence-electron chi connectivity index (χ4n) is 2.94. The average molecular weight is 301 g/mol. The molecular weight excluding hydrogens is 286 g/mol. The van der Waals surface area contributed by atoms with Gasteiger partial charge in [-0.15, -0.1) is 11.3 Å². The highest BCUT2D eigenvalue weighted by molar-refractivity contribution is 7.12. The highest BCUT2D eigenvalue weighted by Gasteiger charge is 2.29. The summed E-state index contributed by atoms with van der Waals surface area (Å²) in [7, 11) is 0. The van der Waals surface area contributed by atoms with E-state index >= 15 is 0 Å². The maximum Gasteiger partial charge on any atom is 0.263 e. The summed E-state index contributed by atoms with van der Waals surface area (Å²) in [6.45, 7) is 1.89. The van der Waals surface area contributed by atoms with E-state index in [4.69, 9.17) is 9.47 Å². The molecule has 0 N–H and O–H groups in total. The van der Waals surface area contributed by atoms with Gasteiger partial charge in [-0.2, -0.15) is 0 Å². The summed E-state index contributed by atoms with van der Waals surface area (Å²) in [5.41, 5.74) is 1.22. The zero-order valence-electron chi connectivity index (χ0n) is 11.5. The molecule has 3 heterocycles. The Morgan fingerprint density at radius 2 is 2.14 bits per heavy atom. The van der Waals surface area contributed by atoms with Crippen LogP contribution in [0.5, 0.6) is 11.5 Å². The molecule has 2 aliphatic rings. The third-order valence-electron chi connectivity index (χ3n) is 4.08. The Hall–Kier alpha value is -2.01. The van der Waals surface area contributed by atoms with Crippen molar-refractivity contribution in [2.75, 3.05) is 19.9 Å². The van der Waals surface area contributed by atoms with E-state index in [1.165, 1.54) is 16.9 Å². The van der Waals surface area contributed by atoms with Gasteiger partial charge in [0, 0.05) is 19.0 Å². The summed E-state index contributed by atoms with van der Waals surface area (Å²) in [4.78, 5) is 15.1. The van der Waals surface area contributed by atoms with Crippen molar-refractivity contribution in [2.45, 2.75) is 12.3 Å². The SMILES string of the molecule is O=C(c1cccs1)N1CCC(c2ccc3c(c2)OCO3)C1. The minimum atomic E-state index is 0.147. The van der Waals surface area contributed by atoms with Crippen LogP contribution in [0.1, 0.15) is 27.6 Å². The van der Waals surface area contributed by atoms with Gasteiger partial charge >= 0.3 is 0 Å². The molecule has 1 fully saturated rings. The summed E-state index contributed by atoms with van der Waals surface area (Å²) < 4.78 is 10.8. The normalized spacial score (nSPS) is 20.0. The highest BCUT2D eigenvalue weighted by Crippen LogP contribution is 2.37. The number of hydrogen-bond donors (Lipinski definition) is 0. The van der Waals surface area contributed by atoms with Crippen molar-refractivity contribution in [2.24, 2.45) is 0 Å². The molecular formula is C16H15NO3S. The van der Waals surface area contributed by atoms with Gasteiger partial charge < -0.3 is 14.4 Å². The van der Waals surface area contributed by atoms with Gasteiger partial charge in [0.05, 0.1) is 4.88 Å². The number of fused-ring (bicyclic) bond motifs is 1. The number of benzene rings is 1. The average Bonchev–Trinajstić information content (AvgIpc) is 3.25. The molecule has 2 aromatic rings. The van der Waals surface area contributed by atoms with E-state index in [1.807, 2.05) is 34.5 Å². The number of carbonyl (C=O) groups excluding carboxylic acids is 1. The van der Waals surface area contributed by atoms with Crippen LogP contribution < -0.4 is 9.47 Å². The van der Waals surface area contributed by atoms with Gasteiger partial charge in [0.1, 0.15) is 0 Å². The van der Waals surface area contributed by atoms with Crippen molar-refractivity contribution in [1.82, 2.24) is 4.90 Å². The molecule has 1 saturated heterocycles. The number of carbonyl (C=O) groups is 1. The van der Waals surface area contributed by atoms with Gasteiger partial charge in [-0.1, -0.05) is 12.1 Å². The standard InChI is InChI=1S/C16H15NO3S/c18-16(15-2-1-7-21-15)17-6-5-12(9-17)11-3-4-13-14(8-11)20-10-19-13/h1-4,7-8,12H,5-6,9-10H2. The van der Waals surface area contributed by atoms with Gasteiger partial charge in [0.25, 0.3) is 5.91 Å². The minimum absolute atomic E-state index is 0.147. The number of amides is 1. The molecule has 21 heavy (non-hydrogen) atoms. The van der Waals surface area contributed by atoms with Crippen molar-refractivity contribution in [3.63, 3.8) is 0 Å². The highest BCUT2D eigenvalue weighted by atomic mass is 32.1. The first-order valence-electron chi connectivity index (χ1n) is 7.03. The topological polar surface area (TPSA) is 38.8 Å². The van der Waals surface area contributed by atoms with Crippen LogP contribution >= 0.6 is 11.3 Å². The smallest absolute Gasteiger partial charge is 0.263 e. The molecule has 0 bridgehead atoms. The quantitative estimate of drug-likeness (QED) is 0.855. The monoisotopic (exact) mass is 301 g/mol. The lowest BCUT2D eigenvalue weighted by molar-refractivity contribution is 0.0795. The third-order valence-corrected chi connectivity index (χ3v) is 4.93. The van der Waals surface area contributed by atoms with Gasteiger partial charge in [0.15, 0.2) is 11.5 Å². The molecule has 4 rings (SSSR count). The van der Waals surface area contributed by atoms with E-state index in [1.54, 1.807) is 0 Å². The minimum Gasteiger partial charge on any atom is -0.454 e. The van der Waals surface area contributed by atoms with E-state index in [2.05, 4.69) is 6.07 Å². The molecule has 1 atom stereocenters. The number of likely N-dealkylation sites (tertiary alicyclic amines) is 1. The molecule has 0 radical (unpaired) electrons. The van der Waals surface area contributed by atoms with E-state index in [9.17, 15) is 4.79 Å². The molecule has 0 aliphatic carbocycles. The first kappa shape index (κ1) is 12.7. The molecule has 1 aromatic carbocycles. The second-order valence-corrected chi connectivity index (χ2v) is 6.27. The maximum absolute atomic E-state index is 12.4. The zero-order valence-corrected chi connectivity index (χ0v) is 12.3. The fraction of sp³-hybridized carbons (Fsp3) is 0.312. The molecule has 5 heteroatoms. The lowest BCUT2D eigenvalue weighted by Gasteiger charge is -2.16. The number of nitrogens with zero attached hydrogens (tertiary/aromatic N) is 1. The molecule has 1 amide bonds. The summed E-state index contributed by atoms with van der Waals surface area (Å²) in [6.07, 6.45) is 0.997. The van der Waals surface area contributed by atoms with Crippen LogP contribution in [0.15, 0.2) is 35.7 Å². The predicted molar refractivity (Wildman–Crippen MR) is 80.1 cm³/mol. The van der Waals surface area contributed by atoms with Crippen molar-refractivity contribution < 1.29 is 14.3 Å². The number of hydrogen-bond acceptors (Lipinski definition) is 4. The molecule has 1 aromatic heterocycles. The zero-order chi connectivity index (χ0) is 14.2. The Labute approximate surface area is 126 Å². The molecule has 0 saturated carbocycles. The van der Waals surface area contributed by atoms with Crippen LogP contribution in [0.2, 0.25) is 0 Å². The second-order valence-electron chi connectivity index (χ2n) is 5.33. The largest absolute Gasteiger partial charge is 0.454 e. The van der Waals surface area contributed by atoms with Crippen molar-refractivity contribution in [1.29, 1.82) is 0 Å². The van der Waals surface area contributed by atoms with Crippen LogP contribution in [0.25, 0.3) is 0 Å². The van der Waals surface area contributed by atoms with Crippen molar-refractivity contribution in [3.8, 4) is 11.5 Å². The van der Waals surface area contributed by atoms with Crippen LogP contribution in [0.3, 0.4) is 0 Å². The maximum atomic E-state index is 12.4. The van der Waals surface area contributed by atoms with Gasteiger partial charge in [-0.3, -0.25) is 4.79 Å². The summed E-state index contributed by atoms with van der Waals surface area (Å²) >= 11 is 1.50. The Morgan fingerprint density at radius 3 is 3.00 bits per heavy atom. The fourth-order valence-corrected chi connectivity index (χ4v) is 3.63. The van der Waals surface area contributed by atoms with E-state index < -0.39 is 0 Å². The molecule has 108 valence electrons. The first-order valence-corrected chi connectivity index (χ1v) is 7.91. The Balaban J connectivity index is 1.50. The van der Waals surface area contributed by atoms with Crippen LogP contribution in [-0.2, 0) is 0 Å². The molecule has 2 aliphatic heterocycles. The van der Waals surface area contributed by atoms with Gasteiger partial charge in [-0.05, 0) is 35.6 Å². The Kier molecular flexibility index (Phi) is 3.07. The number of rotatable bonds is 2. The van der Waals surface area contributed by atoms with Crippen molar-refractivity contribution >= 4 is 17.2 Å². The second kappa shape index (κ2) is 5.07. The Morgan fingerprint density at radius 1 is 1.24 bits per heavy atom. The predicted octanol–water partition coefficient (Wildman–Crippen LogP) is 3.11.